The van der Waals surface area contributed by atoms with E-state index in [2.05, 4.69) is 4.74 Å². The average molecular weight is 389 g/mol. The van der Waals surface area contributed by atoms with E-state index in [9.17, 15) is 14.7 Å². The van der Waals surface area contributed by atoms with Gasteiger partial charge in [0.2, 0.25) is 0 Å². The molecule has 0 unspecified atom stereocenters. The van der Waals surface area contributed by atoms with Crippen molar-refractivity contribution in [3.05, 3.63) is 70.9 Å². The minimum Gasteiger partial charge on any atom is -0.508 e. The van der Waals surface area contributed by atoms with Crippen LogP contribution in [0.25, 0.3) is 22.6 Å². The Kier molecular flexibility index (Phi) is 4.99. The molecule has 0 atom stereocenters. The van der Waals surface area contributed by atoms with Crippen molar-refractivity contribution in [2.24, 2.45) is 0 Å². The number of ether oxygens (including phenoxy) is 2. The third-order valence-corrected chi connectivity index (χ3v) is 4.93. The minimum absolute atomic E-state index is 0.207. The van der Waals surface area contributed by atoms with Gasteiger partial charge in [0.05, 0.1) is 23.9 Å². The summed E-state index contributed by atoms with van der Waals surface area (Å²) in [6, 6.07) is 14.3. The Hall–Kier alpha value is -3.67. The number of pyridine rings is 1. The predicted octanol–water partition coefficient (Wildman–Crippen LogP) is 3.76. The number of benzene rings is 2. The highest BCUT2D eigenvalue weighted by Gasteiger charge is 2.27. The summed E-state index contributed by atoms with van der Waals surface area (Å²) in [5.74, 6) is -0.962. The molecule has 6 heteroatoms. The van der Waals surface area contributed by atoms with Gasteiger partial charge < -0.3 is 14.6 Å². The highest BCUT2D eigenvalue weighted by Crippen LogP contribution is 2.37. The van der Waals surface area contributed by atoms with Gasteiger partial charge in [-0.3, -0.25) is 0 Å². The standard InChI is InChI=1S/C23H19NO5/c1-28-20(26)13-29-23(27)21-17-4-2-3-5-19(17)24-22-15(8-11-18(21)22)12-14-6-9-16(25)10-7-14/h2-7,9-10,12,25H,8,11,13H2,1H3/b15-12-. The monoisotopic (exact) mass is 389 g/mol. The van der Waals surface area contributed by atoms with Crippen LogP contribution in [0.5, 0.6) is 5.75 Å². The van der Waals surface area contributed by atoms with Crippen LogP contribution in [0.3, 0.4) is 0 Å². The number of aromatic nitrogens is 1. The maximum Gasteiger partial charge on any atom is 0.344 e. The van der Waals surface area contributed by atoms with Crippen molar-refractivity contribution in [3.63, 3.8) is 0 Å². The predicted molar refractivity (Wildman–Crippen MR) is 108 cm³/mol. The van der Waals surface area contributed by atoms with Gasteiger partial charge in [0.15, 0.2) is 6.61 Å². The number of rotatable bonds is 4. The summed E-state index contributed by atoms with van der Waals surface area (Å²) >= 11 is 0. The van der Waals surface area contributed by atoms with Crippen molar-refractivity contribution in [1.29, 1.82) is 0 Å². The molecule has 6 nitrogen and oxygen atoms in total. The van der Waals surface area contributed by atoms with Crippen LogP contribution in [0, 0.1) is 0 Å². The second-order valence-electron chi connectivity index (χ2n) is 6.74. The third kappa shape index (κ3) is 3.69. The Balaban J connectivity index is 1.80. The summed E-state index contributed by atoms with van der Waals surface area (Å²) in [4.78, 5) is 29.0. The lowest BCUT2D eigenvalue weighted by Crippen LogP contribution is -2.17. The van der Waals surface area contributed by atoms with Crippen LogP contribution in [-0.4, -0.2) is 35.7 Å². The molecule has 0 radical (unpaired) electrons. The number of aromatic hydroxyl groups is 1. The van der Waals surface area contributed by atoms with Crippen LogP contribution in [-0.2, 0) is 20.7 Å². The molecule has 4 rings (SSSR count). The number of hydrogen-bond acceptors (Lipinski definition) is 6. The molecule has 1 N–H and O–H groups in total. The number of carbonyl (C=O) groups excluding carboxylic acids is 2. The first-order valence-corrected chi connectivity index (χ1v) is 9.22. The maximum atomic E-state index is 12.8. The molecule has 0 bridgehead atoms. The summed E-state index contributed by atoms with van der Waals surface area (Å²) in [5.41, 5.74) is 4.68. The zero-order chi connectivity index (χ0) is 20.4. The van der Waals surface area contributed by atoms with E-state index in [1.807, 2.05) is 42.5 Å². The molecular formula is C23H19NO5. The van der Waals surface area contributed by atoms with Gasteiger partial charge >= 0.3 is 11.9 Å². The van der Waals surface area contributed by atoms with Gasteiger partial charge in [0.25, 0.3) is 0 Å². The Morgan fingerprint density at radius 2 is 1.86 bits per heavy atom. The Labute approximate surface area is 167 Å². The second kappa shape index (κ2) is 7.75. The van der Waals surface area contributed by atoms with Crippen molar-refractivity contribution in [2.75, 3.05) is 13.7 Å². The van der Waals surface area contributed by atoms with Gasteiger partial charge in [-0.25, -0.2) is 14.6 Å². The molecule has 146 valence electrons. The van der Waals surface area contributed by atoms with Gasteiger partial charge in [0.1, 0.15) is 5.75 Å². The van der Waals surface area contributed by atoms with Gasteiger partial charge in [-0.1, -0.05) is 30.3 Å². The van der Waals surface area contributed by atoms with Crippen LogP contribution >= 0.6 is 0 Å². The number of allylic oxidation sites excluding steroid dienone is 1. The van der Waals surface area contributed by atoms with E-state index in [0.29, 0.717) is 22.9 Å². The van der Waals surface area contributed by atoms with Crippen LogP contribution in [0.4, 0.5) is 0 Å². The lowest BCUT2D eigenvalue weighted by atomic mass is 10.0. The third-order valence-electron chi connectivity index (χ3n) is 4.93. The summed E-state index contributed by atoms with van der Waals surface area (Å²) in [6.07, 6.45) is 3.40. The minimum atomic E-state index is -0.610. The fourth-order valence-corrected chi connectivity index (χ4v) is 3.54. The number of nitrogens with zero attached hydrogens (tertiary/aromatic N) is 1. The zero-order valence-electron chi connectivity index (χ0n) is 15.8. The van der Waals surface area contributed by atoms with Crippen LogP contribution in [0.15, 0.2) is 48.5 Å². The molecule has 0 saturated carbocycles. The molecular weight excluding hydrogens is 370 g/mol. The average Bonchev–Trinajstić information content (AvgIpc) is 3.13. The lowest BCUT2D eigenvalue weighted by Gasteiger charge is -2.12. The Morgan fingerprint density at radius 3 is 2.62 bits per heavy atom. The van der Waals surface area contributed by atoms with Gasteiger partial charge in [-0.05, 0) is 53.8 Å². The lowest BCUT2D eigenvalue weighted by molar-refractivity contribution is -0.144. The molecule has 0 spiro atoms. The van der Waals surface area contributed by atoms with Gasteiger partial charge in [0, 0.05) is 5.39 Å². The first-order chi connectivity index (χ1) is 14.1. The normalized spacial score (nSPS) is 14.0. The highest BCUT2D eigenvalue weighted by molar-refractivity contribution is 6.07. The van der Waals surface area contributed by atoms with Crippen molar-refractivity contribution < 1.29 is 24.2 Å². The molecule has 0 saturated heterocycles. The van der Waals surface area contributed by atoms with E-state index in [4.69, 9.17) is 9.72 Å². The van der Waals surface area contributed by atoms with E-state index in [0.717, 1.165) is 28.8 Å². The molecule has 0 fully saturated rings. The Morgan fingerprint density at radius 1 is 1.10 bits per heavy atom. The molecule has 29 heavy (non-hydrogen) atoms. The number of phenols is 1. The number of hydrogen-bond donors (Lipinski definition) is 1. The molecule has 1 aliphatic rings. The van der Waals surface area contributed by atoms with Crippen LogP contribution in [0.1, 0.15) is 33.6 Å². The maximum absolute atomic E-state index is 12.8. The van der Waals surface area contributed by atoms with E-state index in [1.165, 1.54) is 7.11 Å². The largest absolute Gasteiger partial charge is 0.508 e. The highest BCUT2D eigenvalue weighted by atomic mass is 16.6. The number of para-hydroxylation sites is 1. The van der Waals surface area contributed by atoms with Gasteiger partial charge in [-0.15, -0.1) is 0 Å². The van der Waals surface area contributed by atoms with Crippen molar-refractivity contribution in [3.8, 4) is 5.75 Å². The SMILES string of the molecule is COC(=O)COC(=O)c1c2c(nc3ccccc13)/C(=C\c1ccc(O)cc1)CC2. The van der Waals surface area contributed by atoms with E-state index >= 15 is 0 Å². The number of phenolic OH excluding ortho intramolecular Hbond substituents is 1. The fourth-order valence-electron chi connectivity index (χ4n) is 3.54. The molecule has 1 aromatic heterocycles. The fraction of sp³-hybridized carbons (Fsp3) is 0.174. The summed E-state index contributed by atoms with van der Waals surface area (Å²) < 4.78 is 9.75. The van der Waals surface area contributed by atoms with Gasteiger partial charge in [-0.2, -0.15) is 0 Å². The molecule has 0 aliphatic heterocycles. The number of methoxy groups -OCH3 is 1. The zero-order valence-corrected chi connectivity index (χ0v) is 15.8. The first-order valence-electron chi connectivity index (χ1n) is 9.22. The van der Waals surface area contributed by atoms with E-state index in [-0.39, 0.29) is 5.75 Å². The quantitative estimate of drug-likeness (QED) is 0.684. The number of fused-ring (bicyclic) bond motifs is 2. The van der Waals surface area contributed by atoms with Crippen molar-refractivity contribution in [1.82, 2.24) is 4.98 Å². The Bertz CT molecular complexity index is 1130. The molecule has 1 aliphatic carbocycles. The molecule has 2 aromatic carbocycles. The summed E-state index contributed by atoms with van der Waals surface area (Å²) in [5, 5.41) is 10.2. The van der Waals surface area contributed by atoms with E-state index in [1.54, 1.807) is 12.1 Å². The molecule has 0 amide bonds. The summed E-state index contributed by atoms with van der Waals surface area (Å²) in [6.45, 7) is -0.434. The number of esters is 2. The molecule has 3 aromatic rings. The summed E-state index contributed by atoms with van der Waals surface area (Å²) in [7, 11) is 1.25. The van der Waals surface area contributed by atoms with Crippen LogP contribution in [0.2, 0.25) is 0 Å². The van der Waals surface area contributed by atoms with Crippen molar-refractivity contribution >= 4 is 34.5 Å². The topological polar surface area (TPSA) is 85.7 Å². The second-order valence-corrected chi connectivity index (χ2v) is 6.74. The smallest absolute Gasteiger partial charge is 0.344 e. The van der Waals surface area contributed by atoms with Crippen LogP contribution < -0.4 is 0 Å². The number of carbonyl (C=O) groups is 2. The first kappa shape index (κ1) is 18.7. The van der Waals surface area contributed by atoms with Crippen molar-refractivity contribution in [2.45, 2.75) is 12.8 Å². The van der Waals surface area contributed by atoms with E-state index < -0.39 is 18.5 Å². The molecule has 1 heterocycles.